The number of hydrogen-bond acceptors (Lipinski definition) is 4. The number of rotatable bonds is 4. The molecule has 1 amide bonds. The molecule has 1 saturated heterocycles. The number of carbonyl (C=O) groups is 1. The largest absolute Gasteiger partial charge is 0.493 e. The maximum absolute atomic E-state index is 12.8. The van der Waals surface area contributed by atoms with E-state index in [9.17, 15) is 18.0 Å². The number of halogens is 3. The third-order valence-corrected chi connectivity index (χ3v) is 3.67. The summed E-state index contributed by atoms with van der Waals surface area (Å²) in [6.45, 7) is 2.41. The molecule has 8 heteroatoms. The van der Waals surface area contributed by atoms with Gasteiger partial charge in [0.05, 0.1) is 20.3 Å². The van der Waals surface area contributed by atoms with Gasteiger partial charge < -0.3 is 19.1 Å². The zero-order valence-electron chi connectivity index (χ0n) is 13.7. The summed E-state index contributed by atoms with van der Waals surface area (Å²) in [5.41, 5.74) is -1.35. The second-order valence-electron chi connectivity index (χ2n) is 5.92. The van der Waals surface area contributed by atoms with E-state index in [2.05, 4.69) is 0 Å². The molecule has 1 aromatic carbocycles. The monoisotopic (exact) mass is 347 g/mol. The van der Waals surface area contributed by atoms with Gasteiger partial charge in [0, 0.05) is 6.54 Å². The van der Waals surface area contributed by atoms with Gasteiger partial charge in [-0.25, -0.2) is 0 Å². The fraction of sp³-hybridized carbons (Fsp3) is 0.562. The summed E-state index contributed by atoms with van der Waals surface area (Å²) in [6.07, 6.45) is -6.48. The molecule has 1 heterocycles. The van der Waals surface area contributed by atoms with Crippen LogP contribution in [0, 0.1) is 0 Å². The highest BCUT2D eigenvalue weighted by Gasteiger charge is 2.46. The highest BCUT2D eigenvalue weighted by molar-refractivity contribution is 5.85. The van der Waals surface area contributed by atoms with Crippen LogP contribution in [0.3, 0.4) is 0 Å². The molecule has 1 aromatic rings. The second-order valence-corrected chi connectivity index (χ2v) is 5.92. The summed E-state index contributed by atoms with van der Waals surface area (Å²) < 4.78 is 54.0. The standard InChI is InChI=1S/C16H20F3NO4/c1-15(2,24-12-7-5-4-6-11(12)22-3)14(21)20-8-9-23-13(10-20)16(17,18)19/h4-7,13H,8-10H2,1-3H3/t13-/m1/s1. The Morgan fingerprint density at radius 1 is 1.25 bits per heavy atom. The number of morpholine rings is 1. The van der Waals surface area contributed by atoms with Crippen molar-refractivity contribution in [2.24, 2.45) is 0 Å². The van der Waals surface area contributed by atoms with Gasteiger partial charge in [0.2, 0.25) is 0 Å². The Morgan fingerprint density at radius 3 is 2.46 bits per heavy atom. The normalized spacial score (nSPS) is 19.1. The first-order chi connectivity index (χ1) is 11.1. The predicted octanol–water partition coefficient (Wildman–Crippen LogP) is 2.64. The summed E-state index contributed by atoms with van der Waals surface area (Å²) >= 11 is 0. The van der Waals surface area contributed by atoms with Crippen LogP contribution >= 0.6 is 0 Å². The van der Waals surface area contributed by atoms with Crippen molar-refractivity contribution >= 4 is 5.91 Å². The summed E-state index contributed by atoms with van der Waals surface area (Å²) in [5.74, 6) is 0.249. The van der Waals surface area contributed by atoms with Crippen LogP contribution < -0.4 is 9.47 Å². The maximum atomic E-state index is 12.8. The molecule has 0 N–H and O–H groups in total. The average Bonchev–Trinajstić information content (AvgIpc) is 2.53. The minimum absolute atomic E-state index is 0.0874. The minimum atomic E-state index is -4.51. The third kappa shape index (κ3) is 4.11. The van der Waals surface area contributed by atoms with Gasteiger partial charge in [0.15, 0.2) is 23.2 Å². The van der Waals surface area contributed by atoms with Crippen molar-refractivity contribution in [1.29, 1.82) is 0 Å². The molecule has 0 bridgehead atoms. The molecule has 1 fully saturated rings. The van der Waals surface area contributed by atoms with Crippen LogP contribution in [0.25, 0.3) is 0 Å². The fourth-order valence-electron chi connectivity index (χ4n) is 2.43. The summed E-state index contributed by atoms with van der Waals surface area (Å²) in [7, 11) is 1.47. The topological polar surface area (TPSA) is 48.0 Å². The van der Waals surface area contributed by atoms with Crippen LogP contribution in [0.2, 0.25) is 0 Å². The van der Waals surface area contributed by atoms with Crippen LogP contribution in [-0.2, 0) is 9.53 Å². The lowest BCUT2D eigenvalue weighted by Gasteiger charge is -2.38. The van der Waals surface area contributed by atoms with Gasteiger partial charge in [-0.1, -0.05) is 12.1 Å². The van der Waals surface area contributed by atoms with Crippen LogP contribution in [0.15, 0.2) is 24.3 Å². The van der Waals surface area contributed by atoms with Gasteiger partial charge in [-0.2, -0.15) is 13.2 Å². The highest BCUT2D eigenvalue weighted by atomic mass is 19.4. The number of amides is 1. The fourth-order valence-corrected chi connectivity index (χ4v) is 2.43. The van der Waals surface area contributed by atoms with Crippen LogP contribution in [-0.4, -0.2) is 55.5 Å². The van der Waals surface area contributed by atoms with Gasteiger partial charge >= 0.3 is 6.18 Å². The van der Waals surface area contributed by atoms with Crippen molar-refractivity contribution in [3.05, 3.63) is 24.3 Å². The first-order valence-electron chi connectivity index (χ1n) is 7.45. The summed E-state index contributed by atoms with van der Waals surface area (Å²) in [6, 6.07) is 6.76. The number of methoxy groups -OCH3 is 1. The molecule has 0 unspecified atom stereocenters. The molecule has 24 heavy (non-hydrogen) atoms. The van der Waals surface area contributed by atoms with E-state index in [0.29, 0.717) is 11.5 Å². The zero-order valence-corrected chi connectivity index (χ0v) is 13.7. The first-order valence-corrected chi connectivity index (χ1v) is 7.45. The van der Waals surface area contributed by atoms with Crippen molar-refractivity contribution < 1.29 is 32.2 Å². The van der Waals surface area contributed by atoms with Crippen LogP contribution in [0.1, 0.15) is 13.8 Å². The Bertz CT molecular complexity index is 589. The van der Waals surface area contributed by atoms with Crippen LogP contribution in [0.5, 0.6) is 11.5 Å². The number of hydrogen-bond donors (Lipinski definition) is 0. The number of nitrogens with zero attached hydrogens (tertiary/aromatic N) is 1. The average molecular weight is 347 g/mol. The second kappa shape index (κ2) is 6.88. The molecule has 1 aliphatic heterocycles. The molecule has 0 aliphatic carbocycles. The minimum Gasteiger partial charge on any atom is -0.493 e. The van der Waals surface area contributed by atoms with E-state index in [-0.39, 0.29) is 13.2 Å². The van der Waals surface area contributed by atoms with Crippen molar-refractivity contribution in [3.8, 4) is 11.5 Å². The van der Waals surface area contributed by atoms with Crippen LogP contribution in [0.4, 0.5) is 13.2 Å². The van der Waals surface area contributed by atoms with E-state index in [1.807, 2.05) is 0 Å². The lowest BCUT2D eigenvalue weighted by Crippen LogP contribution is -2.57. The Balaban J connectivity index is 2.12. The molecule has 0 spiro atoms. The first kappa shape index (κ1) is 18.4. The molecular formula is C16H20F3NO4. The van der Waals surface area contributed by atoms with Gasteiger partial charge in [0.25, 0.3) is 5.91 Å². The number of ether oxygens (including phenoxy) is 3. The van der Waals surface area contributed by atoms with Crippen molar-refractivity contribution in [1.82, 2.24) is 4.90 Å². The molecular weight excluding hydrogens is 327 g/mol. The number of alkyl halides is 3. The third-order valence-electron chi connectivity index (χ3n) is 3.67. The van der Waals surface area contributed by atoms with E-state index in [1.54, 1.807) is 24.3 Å². The molecule has 1 aliphatic rings. The Morgan fingerprint density at radius 2 is 1.88 bits per heavy atom. The lowest BCUT2D eigenvalue weighted by atomic mass is 10.1. The molecule has 5 nitrogen and oxygen atoms in total. The van der Waals surface area contributed by atoms with Gasteiger partial charge in [-0.05, 0) is 26.0 Å². The molecule has 0 aromatic heterocycles. The summed E-state index contributed by atoms with van der Waals surface area (Å²) in [4.78, 5) is 13.8. The van der Waals surface area contributed by atoms with Crippen molar-refractivity contribution in [2.75, 3.05) is 26.8 Å². The maximum Gasteiger partial charge on any atom is 0.416 e. The van der Waals surface area contributed by atoms with Gasteiger partial charge in [-0.3, -0.25) is 4.79 Å². The lowest BCUT2D eigenvalue weighted by molar-refractivity contribution is -0.237. The van der Waals surface area contributed by atoms with Gasteiger partial charge in [0.1, 0.15) is 0 Å². The quantitative estimate of drug-likeness (QED) is 0.840. The predicted molar refractivity (Wildman–Crippen MR) is 80.1 cm³/mol. The van der Waals surface area contributed by atoms with E-state index < -0.39 is 30.3 Å². The number of carbonyl (C=O) groups excluding carboxylic acids is 1. The van der Waals surface area contributed by atoms with Crippen molar-refractivity contribution in [3.63, 3.8) is 0 Å². The number of para-hydroxylation sites is 2. The molecule has 2 rings (SSSR count). The van der Waals surface area contributed by atoms with E-state index in [0.717, 1.165) is 4.90 Å². The Labute approximate surface area is 138 Å². The van der Waals surface area contributed by atoms with E-state index in [4.69, 9.17) is 14.2 Å². The molecule has 1 atom stereocenters. The van der Waals surface area contributed by atoms with Gasteiger partial charge in [-0.15, -0.1) is 0 Å². The highest BCUT2D eigenvalue weighted by Crippen LogP contribution is 2.31. The van der Waals surface area contributed by atoms with E-state index in [1.165, 1.54) is 21.0 Å². The zero-order chi connectivity index (χ0) is 18.0. The SMILES string of the molecule is COc1ccccc1OC(C)(C)C(=O)N1CCO[C@@H](C(F)(F)F)C1. The number of benzene rings is 1. The molecule has 134 valence electrons. The Hall–Kier alpha value is -1.96. The molecule has 0 radical (unpaired) electrons. The Kier molecular flexibility index (Phi) is 5.27. The smallest absolute Gasteiger partial charge is 0.416 e. The van der Waals surface area contributed by atoms with Crippen molar-refractivity contribution in [2.45, 2.75) is 31.7 Å². The molecule has 0 saturated carbocycles. The van der Waals surface area contributed by atoms with E-state index >= 15 is 0 Å². The summed E-state index contributed by atoms with van der Waals surface area (Å²) in [5, 5.41) is 0.